The number of fused-ring (bicyclic) bond motifs is 2. The zero-order valence-corrected chi connectivity index (χ0v) is 10.5. The third-order valence-electron chi connectivity index (χ3n) is 2.79. The van der Waals surface area contributed by atoms with Crippen molar-refractivity contribution in [2.45, 2.75) is 32.2 Å². The topological polar surface area (TPSA) is 25.2 Å². The normalized spacial score (nSPS) is 20.5. The van der Waals surface area contributed by atoms with Crippen LogP contribution in [0.15, 0.2) is 27.1 Å². The second-order valence-electron chi connectivity index (χ2n) is 3.90. The average molecular weight is 270 g/mol. The van der Waals surface area contributed by atoms with Crippen molar-refractivity contribution in [2.24, 2.45) is 0 Å². The van der Waals surface area contributed by atoms with Crippen LogP contribution in [0.2, 0.25) is 0 Å². The Kier molecular flexibility index (Phi) is 3.65. The highest BCUT2D eigenvalue weighted by atomic mass is 79.9. The van der Waals surface area contributed by atoms with Gasteiger partial charge in [-0.2, -0.15) is 0 Å². The molecule has 15 heavy (non-hydrogen) atoms. The molecule has 0 amide bonds. The summed E-state index contributed by atoms with van der Waals surface area (Å²) in [7, 11) is 0. The second-order valence-corrected chi connectivity index (χ2v) is 4.75. The molecule has 0 aliphatic carbocycles. The third-order valence-corrected chi connectivity index (χ3v) is 3.41. The minimum atomic E-state index is 0.847. The second kappa shape index (κ2) is 4.99. The summed E-state index contributed by atoms with van der Waals surface area (Å²) in [5.41, 5.74) is 1.87. The third kappa shape index (κ3) is 2.73. The van der Waals surface area contributed by atoms with Crippen molar-refractivity contribution in [1.29, 1.82) is 0 Å². The zero-order chi connectivity index (χ0) is 10.7. The summed E-state index contributed by atoms with van der Waals surface area (Å²) in [6.07, 6.45) is 4.09. The van der Waals surface area contributed by atoms with E-state index in [9.17, 15) is 0 Å². The molecular formula is C12H16BrNO. The predicted octanol–water partition coefficient (Wildman–Crippen LogP) is 3.78. The highest BCUT2D eigenvalue weighted by molar-refractivity contribution is 9.10. The van der Waals surface area contributed by atoms with E-state index < -0.39 is 0 Å². The molecule has 1 aliphatic rings. The van der Waals surface area contributed by atoms with Gasteiger partial charge in [-0.1, -0.05) is 6.92 Å². The smallest absolute Gasteiger partial charge is 0.141 e. The molecule has 3 heteroatoms. The Balaban J connectivity index is 0.000000115. The molecule has 1 unspecified atom stereocenters. The van der Waals surface area contributed by atoms with Crippen LogP contribution in [0.1, 0.15) is 26.2 Å². The Morgan fingerprint density at radius 1 is 1.53 bits per heavy atom. The number of halogens is 1. The molecule has 3 rings (SSSR count). The molecule has 1 N–H and O–H groups in total. The van der Waals surface area contributed by atoms with E-state index in [2.05, 4.69) is 28.2 Å². The Bertz CT molecular complexity index is 392. The Labute approximate surface area is 98.5 Å². The minimum absolute atomic E-state index is 0.847. The van der Waals surface area contributed by atoms with Gasteiger partial charge >= 0.3 is 0 Å². The molecule has 1 aliphatic heterocycles. The summed E-state index contributed by atoms with van der Waals surface area (Å²) in [6.45, 7) is 3.49. The molecule has 2 bridgehead atoms. The summed E-state index contributed by atoms with van der Waals surface area (Å²) in [5.74, 6) is 0. The standard InChI is InChI=1S/C6H3BrO.C6H13N/c7-5-3-4-1-2-6(5)8-4;1-2-6-4-3-5-7-6/h1-3H;6-7H,2-5H2,1H3. The van der Waals surface area contributed by atoms with Crippen LogP contribution in [-0.4, -0.2) is 12.6 Å². The van der Waals surface area contributed by atoms with Gasteiger partial charge in [0.1, 0.15) is 11.2 Å². The monoisotopic (exact) mass is 269 g/mol. The van der Waals surface area contributed by atoms with Gasteiger partial charge in [0.05, 0.1) is 4.47 Å². The first-order valence-corrected chi connectivity index (χ1v) is 6.29. The van der Waals surface area contributed by atoms with Crippen LogP contribution in [0, 0.1) is 0 Å². The van der Waals surface area contributed by atoms with Crippen molar-refractivity contribution >= 4 is 27.1 Å². The van der Waals surface area contributed by atoms with Crippen molar-refractivity contribution < 1.29 is 4.42 Å². The molecule has 0 radical (unpaired) electrons. The van der Waals surface area contributed by atoms with E-state index in [1.807, 2.05) is 18.2 Å². The SMILES string of the molecule is Brc1cc2ccc1o2.CCC1CCCN1. The van der Waals surface area contributed by atoms with E-state index in [-0.39, 0.29) is 0 Å². The van der Waals surface area contributed by atoms with E-state index in [1.54, 1.807) is 0 Å². The quantitative estimate of drug-likeness (QED) is 0.853. The first kappa shape index (κ1) is 11.0. The molecule has 2 aromatic heterocycles. The first-order valence-electron chi connectivity index (χ1n) is 5.50. The van der Waals surface area contributed by atoms with Gasteiger partial charge in [0, 0.05) is 6.04 Å². The van der Waals surface area contributed by atoms with Gasteiger partial charge in [0.15, 0.2) is 0 Å². The van der Waals surface area contributed by atoms with E-state index in [0.29, 0.717) is 0 Å². The molecule has 0 saturated carbocycles. The van der Waals surface area contributed by atoms with Crippen molar-refractivity contribution in [3.8, 4) is 0 Å². The molecule has 2 nitrogen and oxygen atoms in total. The number of nitrogens with one attached hydrogen (secondary N) is 1. The van der Waals surface area contributed by atoms with E-state index in [0.717, 1.165) is 21.7 Å². The summed E-state index contributed by atoms with van der Waals surface area (Å²) < 4.78 is 6.22. The molecule has 2 aromatic rings. The largest absolute Gasteiger partial charge is 0.456 e. The molecule has 1 atom stereocenters. The van der Waals surface area contributed by atoms with E-state index in [1.165, 1.54) is 25.8 Å². The van der Waals surface area contributed by atoms with Gasteiger partial charge < -0.3 is 9.73 Å². The zero-order valence-electron chi connectivity index (χ0n) is 8.92. The van der Waals surface area contributed by atoms with Gasteiger partial charge in [-0.15, -0.1) is 0 Å². The van der Waals surface area contributed by atoms with Crippen molar-refractivity contribution in [1.82, 2.24) is 5.32 Å². The summed E-state index contributed by atoms with van der Waals surface area (Å²) >= 11 is 3.32. The molecule has 0 aromatic carbocycles. The number of furan rings is 2. The number of benzene rings is 1. The molecule has 82 valence electrons. The fraction of sp³-hybridized carbons (Fsp3) is 0.500. The van der Waals surface area contributed by atoms with Gasteiger partial charge in [-0.3, -0.25) is 0 Å². The predicted molar refractivity (Wildman–Crippen MR) is 66.4 cm³/mol. The molecular weight excluding hydrogens is 254 g/mol. The Morgan fingerprint density at radius 2 is 2.40 bits per heavy atom. The van der Waals surface area contributed by atoms with E-state index >= 15 is 0 Å². The maximum atomic E-state index is 5.17. The molecule has 1 saturated heterocycles. The maximum absolute atomic E-state index is 5.17. The van der Waals surface area contributed by atoms with Gasteiger partial charge in [0.2, 0.25) is 0 Å². The van der Waals surface area contributed by atoms with E-state index in [4.69, 9.17) is 4.42 Å². The first-order chi connectivity index (χ1) is 7.29. The Morgan fingerprint density at radius 3 is 2.67 bits per heavy atom. The van der Waals surface area contributed by atoms with Crippen LogP contribution < -0.4 is 5.32 Å². The van der Waals surface area contributed by atoms with Crippen molar-refractivity contribution in [2.75, 3.05) is 6.54 Å². The summed E-state index contributed by atoms with van der Waals surface area (Å²) in [5, 5.41) is 3.41. The van der Waals surface area contributed by atoms with Crippen molar-refractivity contribution in [3.05, 3.63) is 22.7 Å². The molecule has 1 fully saturated rings. The Hall–Kier alpha value is -0.540. The maximum Gasteiger partial charge on any atom is 0.141 e. The van der Waals surface area contributed by atoms with Crippen molar-refractivity contribution in [3.63, 3.8) is 0 Å². The summed E-state index contributed by atoms with van der Waals surface area (Å²) in [6, 6.07) is 6.69. The van der Waals surface area contributed by atoms with Crippen LogP contribution in [0.4, 0.5) is 0 Å². The lowest BCUT2D eigenvalue weighted by Crippen LogP contribution is -2.19. The van der Waals surface area contributed by atoms with Crippen LogP contribution in [-0.2, 0) is 0 Å². The minimum Gasteiger partial charge on any atom is -0.456 e. The average Bonchev–Trinajstić information content (AvgIpc) is 2.95. The van der Waals surface area contributed by atoms with Crippen LogP contribution in [0.3, 0.4) is 0 Å². The number of hydrogen-bond acceptors (Lipinski definition) is 2. The lowest BCUT2D eigenvalue weighted by atomic mass is 10.2. The van der Waals surface area contributed by atoms with Gasteiger partial charge in [-0.25, -0.2) is 0 Å². The fourth-order valence-electron chi connectivity index (χ4n) is 1.86. The lowest BCUT2D eigenvalue weighted by molar-refractivity contribution is 0.587. The summed E-state index contributed by atoms with van der Waals surface area (Å²) in [4.78, 5) is 0. The number of rotatable bonds is 1. The highest BCUT2D eigenvalue weighted by Crippen LogP contribution is 2.26. The van der Waals surface area contributed by atoms with Crippen LogP contribution in [0.5, 0.6) is 0 Å². The van der Waals surface area contributed by atoms with Crippen LogP contribution >= 0.6 is 15.9 Å². The van der Waals surface area contributed by atoms with Gasteiger partial charge in [0.25, 0.3) is 0 Å². The molecule has 3 heterocycles. The van der Waals surface area contributed by atoms with Gasteiger partial charge in [-0.05, 0) is 59.9 Å². The lowest BCUT2D eigenvalue weighted by Gasteiger charge is -2.02. The molecule has 0 spiro atoms. The highest BCUT2D eigenvalue weighted by Gasteiger charge is 2.09. The van der Waals surface area contributed by atoms with Crippen LogP contribution in [0.25, 0.3) is 11.2 Å². The number of hydrogen-bond donors (Lipinski definition) is 1. The fourth-order valence-corrected chi connectivity index (χ4v) is 2.30.